The van der Waals surface area contributed by atoms with E-state index in [1.807, 2.05) is 32.0 Å². The Bertz CT molecular complexity index is 648. The molecule has 1 heterocycles. The number of carbonyl (C=O) groups excluding carboxylic acids is 1. The predicted molar refractivity (Wildman–Crippen MR) is 84.5 cm³/mol. The highest BCUT2D eigenvalue weighted by Crippen LogP contribution is 2.47. The molecule has 1 amide bonds. The maximum atomic E-state index is 12.5. The van der Waals surface area contributed by atoms with Crippen molar-refractivity contribution in [1.29, 1.82) is 0 Å². The topological polar surface area (TPSA) is 55.1 Å². The van der Waals surface area contributed by atoms with Gasteiger partial charge in [-0.25, -0.2) is 0 Å². The maximum Gasteiger partial charge on any atom is 0.290 e. The molecule has 0 radical (unpaired) electrons. The summed E-state index contributed by atoms with van der Waals surface area (Å²) in [5.74, 6) is 1.49. The van der Waals surface area contributed by atoms with E-state index in [0.717, 1.165) is 17.7 Å². The number of benzene rings is 1. The van der Waals surface area contributed by atoms with Crippen LogP contribution >= 0.6 is 0 Å². The lowest BCUT2D eigenvalue weighted by Gasteiger charge is -2.18. The Hall–Kier alpha value is -2.10. The summed E-state index contributed by atoms with van der Waals surface area (Å²) in [5.41, 5.74) is 1.95. The first-order valence-corrected chi connectivity index (χ1v) is 7.88. The zero-order chi connectivity index (χ0) is 15.7. The first-order chi connectivity index (χ1) is 10.6. The fourth-order valence-electron chi connectivity index (χ4n) is 2.79. The third kappa shape index (κ3) is 3.06. The Morgan fingerprint density at radius 1 is 1.32 bits per heavy atom. The molecule has 1 fully saturated rings. The van der Waals surface area contributed by atoms with Crippen LogP contribution in [0, 0.1) is 11.8 Å². The van der Waals surface area contributed by atoms with Gasteiger partial charge < -0.3 is 9.84 Å². The van der Waals surface area contributed by atoms with Gasteiger partial charge in [-0.3, -0.25) is 4.79 Å². The van der Waals surface area contributed by atoms with Crippen molar-refractivity contribution in [3.8, 4) is 0 Å². The molecule has 0 aliphatic heterocycles. The van der Waals surface area contributed by atoms with Crippen LogP contribution in [0.25, 0.3) is 0 Å². The first kappa shape index (κ1) is 14.8. The summed E-state index contributed by atoms with van der Waals surface area (Å²) in [7, 11) is 0. The van der Waals surface area contributed by atoms with E-state index in [-0.39, 0.29) is 23.6 Å². The summed E-state index contributed by atoms with van der Waals surface area (Å²) >= 11 is 0. The second-order valence-corrected chi connectivity index (χ2v) is 6.51. The molecule has 3 rings (SSSR count). The van der Waals surface area contributed by atoms with Gasteiger partial charge in [-0.1, -0.05) is 56.3 Å². The minimum atomic E-state index is -0.188. The van der Waals surface area contributed by atoms with E-state index in [4.69, 9.17) is 4.52 Å². The summed E-state index contributed by atoms with van der Waals surface area (Å²) in [6.07, 6.45) is 1.15. The fourth-order valence-corrected chi connectivity index (χ4v) is 2.79. The summed E-state index contributed by atoms with van der Waals surface area (Å²) < 4.78 is 5.19. The van der Waals surface area contributed by atoms with Crippen molar-refractivity contribution in [1.82, 2.24) is 10.5 Å². The molecular formula is C18H22N2O2. The van der Waals surface area contributed by atoms with Crippen molar-refractivity contribution < 1.29 is 9.32 Å². The van der Waals surface area contributed by atoms with E-state index < -0.39 is 0 Å². The number of carbonyl (C=O) groups is 1. The first-order valence-electron chi connectivity index (χ1n) is 7.88. The van der Waals surface area contributed by atoms with Crippen LogP contribution in [0.3, 0.4) is 0 Å². The molecule has 0 saturated heterocycles. The monoisotopic (exact) mass is 298 g/mol. The van der Waals surface area contributed by atoms with Gasteiger partial charge in [-0.2, -0.15) is 0 Å². The van der Waals surface area contributed by atoms with Gasteiger partial charge in [0.2, 0.25) is 5.76 Å². The molecule has 1 saturated carbocycles. The zero-order valence-electron chi connectivity index (χ0n) is 13.2. The smallest absolute Gasteiger partial charge is 0.290 e. The number of rotatable bonds is 5. The molecule has 1 aromatic heterocycles. The fraction of sp³-hybridized carbons (Fsp3) is 0.444. The van der Waals surface area contributed by atoms with Crippen LogP contribution in [0.4, 0.5) is 0 Å². The van der Waals surface area contributed by atoms with Crippen molar-refractivity contribution in [2.24, 2.45) is 11.8 Å². The molecule has 1 N–H and O–H groups in total. The Labute approximate surface area is 130 Å². The molecular weight excluding hydrogens is 276 g/mol. The van der Waals surface area contributed by atoms with Crippen LogP contribution in [-0.2, 0) is 0 Å². The Balaban J connectivity index is 1.77. The maximum absolute atomic E-state index is 12.5. The van der Waals surface area contributed by atoms with Gasteiger partial charge in [0.1, 0.15) is 0 Å². The number of nitrogens with zero attached hydrogens (tertiary/aromatic N) is 1. The SMILES string of the molecule is CC(C)c1cc(C(=O)NC(c2ccccc2)C2CC2C)on1. The van der Waals surface area contributed by atoms with E-state index in [9.17, 15) is 4.79 Å². The number of aromatic nitrogens is 1. The van der Waals surface area contributed by atoms with Gasteiger partial charge in [0.25, 0.3) is 5.91 Å². The normalized spacial score (nSPS) is 21.6. The summed E-state index contributed by atoms with van der Waals surface area (Å²) in [4.78, 5) is 12.5. The lowest BCUT2D eigenvalue weighted by Crippen LogP contribution is -2.30. The lowest BCUT2D eigenvalue weighted by atomic mass is 10.0. The van der Waals surface area contributed by atoms with E-state index in [1.54, 1.807) is 6.07 Å². The third-order valence-corrected chi connectivity index (χ3v) is 4.39. The second-order valence-electron chi connectivity index (χ2n) is 6.51. The van der Waals surface area contributed by atoms with Crippen LogP contribution in [0.1, 0.15) is 61.0 Å². The average molecular weight is 298 g/mol. The van der Waals surface area contributed by atoms with Crippen molar-refractivity contribution >= 4 is 5.91 Å². The van der Waals surface area contributed by atoms with E-state index in [0.29, 0.717) is 11.8 Å². The Morgan fingerprint density at radius 2 is 2.00 bits per heavy atom. The molecule has 0 bridgehead atoms. The molecule has 22 heavy (non-hydrogen) atoms. The minimum absolute atomic E-state index is 0.0382. The van der Waals surface area contributed by atoms with Gasteiger partial charge >= 0.3 is 0 Å². The van der Waals surface area contributed by atoms with Crippen molar-refractivity contribution in [3.05, 3.63) is 53.4 Å². The molecule has 1 aromatic carbocycles. The van der Waals surface area contributed by atoms with Crippen LogP contribution in [0.15, 0.2) is 40.9 Å². The van der Waals surface area contributed by atoms with Crippen LogP contribution in [-0.4, -0.2) is 11.1 Å². The van der Waals surface area contributed by atoms with Gasteiger partial charge in [0, 0.05) is 6.07 Å². The summed E-state index contributed by atoms with van der Waals surface area (Å²) in [5, 5.41) is 7.08. The highest BCUT2D eigenvalue weighted by molar-refractivity contribution is 5.91. The highest BCUT2D eigenvalue weighted by Gasteiger charge is 2.41. The second kappa shape index (κ2) is 5.95. The van der Waals surface area contributed by atoms with E-state index >= 15 is 0 Å². The average Bonchev–Trinajstić information content (AvgIpc) is 3.04. The van der Waals surface area contributed by atoms with Crippen LogP contribution in [0.2, 0.25) is 0 Å². The molecule has 3 unspecified atom stereocenters. The minimum Gasteiger partial charge on any atom is -0.351 e. The van der Waals surface area contributed by atoms with Crippen LogP contribution in [0.5, 0.6) is 0 Å². The van der Waals surface area contributed by atoms with Gasteiger partial charge in [0.15, 0.2) is 0 Å². The largest absolute Gasteiger partial charge is 0.351 e. The van der Waals surface area contributed by atoms with Crippen molar-refractivity contribution in [2.45, 2.75) is 39.2 Å². The summed E-state index contributed by atoms with van der Waals surface area (Å²) in [6.45, 7) is 6.27. The molecule has 1 aliphatic carbocycles. The van der Waals surface area contributed by atoms with Crippen LogP contribution < -0.4 is 5.32 Å². The highest BCUT2D eigenvalue weighted by atomic mass is 16.5. The van der Waals surface area contributed by atoms with Crippen molar-refractivity contribution in [3.63, 3.8) is 0 Å². The number of hydrogen-bond donors (Lipinski definition) is 1. The molecule has 4 heteroatoms. The quantitative estimate of drug-likeness (QED) is 0.910. The molecule has 3 atom stereocenters. The Kier molecular flexibility index (Phi) is 4.01. The third-order valence-electron chi connectivity index (χ3n) is 4.39. The van der Waals surface area contributed by atoms with Gasteiger partial charge in [-0.15, -0.1) is 0 Å². The van der Waals surface area contributed by atoms with E-state index in [2.05, 4.69) is 29.5 Å². The molecule has 1 aliphatic rings. The lowest BCUT2D eigenvalue weighted by molar-refractivity contribution is 0.0893. The van der Waals surface area contributed by atoms with E-state index in [1.165, 1.54) is 0 Å². The number of amides is 1. The van der Waals surface area contributed by atoms with Gasteiger partial charge in [-0.05, 0) is 29.7 Å². The molecule has 2 aromatic rings. The van der Waals surface area contributed by atoms with Crippen molar-refractivity contribution in [2.75, 3.05) is 0 Å². The predicted octanol–water partition coefficient (Wildman–Crippen LogP) is 3.93. The summed E-state index contributed by atoms with van der Waals surface area (Å²) in [6, 6.07) is 11.9. The van der Waals surface area contributed by atoms with Gasteiger partial charge in [0.05, 0.1) is 11.7 Å². The Morgan fingerprint density at radius 3 is 2.55 bits per heavy atom. The molecule has 116 valence electrons. The standard InChI is InChI=1S/C18H22N2O2/c1-11(2)15-10-16(22-20-15)18(21)19-17(14-9-12(14)3)13-7-5-4-6-8-13/h4-8,10-12,14,17H,9H2,1-3H3,(H,19,21). The zero-order valence-corrected chi connectivity index (χ0v) is 13.2. The molecule has 4 nitrogen and oxygen atoms in total. The number of nitrogens with one attached hydrogen (secondary N) is 1. The number of hydrogen-bond acceptors (Lipinski definition) is 3. The molecule has 0 spiro atoms.